The van der Waals surface area contributed by atoms with Gasteiger partial charge in [0, 0.05) is 12.1 Å². The number of nitrogens with zero attached hydrogens (tertiary/aromatic N) is 1. The fourth-order valence-corrected chi connectivity index (χ4v) is 4.23. The van der Waals surface area contributed by atoms with Gasteiger partial charge in [0.05, 0.1) is 0 Å². The third kappa shape index (κ3) is 2.91. The van der Waals surface area contributed by atoms with E-state index >= 15 is 0 Å². The molecule has 2 unspecified atom stereocenters. The van der Waals surface area contributed by atoms with Gasteiger partial charge in [0.15, 0.2) is 0 Å². The maximum absolute atomic E-state index is 6.21. The summed E-state index contributed by atoms with van der Waals surface area (Å²) in [6.07, 6.45) is 11.0. The van der Waals surface area contributed by atoms with Crippen LogP contribution in [0.4, 0.5) is 0 Å². The Morgan fingerprint density at radius 2 is 1.72 bits per heavy atom. The Balaban J connectivity index is 1.99. The van der Waals surface area contributed by atoms with Crippen LogP contribution in [-0.4, -0.2) is 30.1 Å². The minimum atomic E-state index is 0.359. The van der Waals surface area contributed by atoms with Crippen LogP contribution in [0, 0.1) is 11.8 Å². The van der Waals surface area contributed by atoms with Gasteiger partial charge in [0.1, 0.15) is 0 Å². The molecule has 1 aliphatic carbocycles. The molecule has 18 heavy (non-hydrogen) atoms. The SMILES string of the molecule is CCC1CCN(C2(CN)CCCC(CC)C2)CC1. The summed E-state index contributed by atoms with van der Waals surface area (Å²) >= 11 is 0. The molecule has 106 valence electrons. The Bertz CT molecular complexity index is 245. The molecule has 0 aromatic carbocycles. The summed E-state index contributed by atoms with van der Waals surface area (Å²) in [4.78, 5) is 2.76. The molecule has 2 aliphatic rings. The third-order valence-electron chi connectivity index (χ3n) is 5.74. The van der Waals surface area contributed by atoms with E-state index in [9.17, 15) is 0 Å². The van der Waals surface area contributed by atoms with E-state index in [0.717, 1.165) is 18.4 Å². The second-order valence-electron chi connectivity index (χ2n) is 6.64. The van der Waals surface area contributed by atoms with E-state index in [2.05, 4.69) is 18.7 Å². The summed E-state index contributed by atoms with van der Waals surface area (Å²) in [5, 5.41) is 0. The highest BCUT2D eigenvalue weighted by Gasteiger charge is 2.40. The maximum atomic E-state index is 6.21. The summed E-state index contributed by atoms with van der Waals surface area (Å²) < 4.78 is 0. The van der Waals surface area contributed by atoms with Crippen molar-refractivity contribution in [2.75, 3.05) is 19.6 Å². The van der Waals surface area contributed by atoms with E-state index in [0.29, 0.717) is 5.54 Å². The quantitative estimate of drug-likeness (QED) is 0.831. The first-order valence-electron chi connectivity index (χ1n) is 8.19. The van der Waals surface area contributed by atoms with Gasteiger partial charge in [-0.25, -0.2) is 0 Å². The van der Waals surface area contributed by atoms with Crippen molar-refractivity contribution in [3.8, 4) is 0 Å². The van der Waals surface area contributed by atoms with Crippen molar-refractivity contribution >= 4 is 0 Å². The molecule has 1 aliphatic heterocycles. The summed E-state index contributed by atoms with van der Waals surface area (Å²) in [5.74, 6) is 1.90. The van der Waals surface area contributed by atoms with Crippen LogP contribution < -0.4 is 5.73 Å². The Hall–Kier alpha value is -0.0800. The number of nitrogens with two attached hydrogens (primary N) is 1. The summed E-state index contributed by atoms with van der Waals surface area (Å²) in [7, 11) is 0. The van der Waals surface area contributed by atoms with E-state index in [1.54, 1.807) is 0 Å². The largest absolute Gasteiger partial charge is 0.329 e. The molecule has 2 nitrogen and oxygen atoms in total. The van der Waals surface area contributed by atoms with Gasteiger partial charge in [-0.3, -0.25) is 4.90 Å². The molecule has 1 heterocycles. The summed E-state index contributed by atoms with van der Waals surface area (Å²) in [5.41, 5.74) is 6.57. The van der Waals surface area contributed by atoms with E-state index in [4.69, 9.17) is 5.73 Å². The minimum absolute atomic E-state index is 0.359. The molecule has 2 atom stereocenters. The Morgan fingerprint density at radius 1 is 1.06 bits per heavy atom. The molecule has 0 aromatic rings. The highest BCUT2D eigenvalue weighted by molar-refractivity contribution is 4.97. The van der Waals surface area contributed by atoms with Crippen molar-refractivity contribution in [2.45, 2.75) is 70.8 Å². The fourth-order valence-electron chi connectivity index (χ4n) is 4.23. The monoisotopic (exact) mass is 252 g/mol. The zero-order valence-corrected chi connectivity index (χ0v) is 12.5. The van der Waals surface area contributed by atoms with E-state index < -0.39 is 0 Å². The topological polar surface area (TPSA) is 29.3 Å². The van der Waals surface area contributed by atoms with E-state index in [-0.39, 0.29) is 0 Å². The van der Waals surface area contributed by atoms with Gasteiger partial charge in [0.25, 0.3) is 0 Å². The highest BCUT2D eigenvalue weighted by atomic mass is 15.2. The van der Waals surface area contributed by atoms with Crippen LogP contribution >= 0.6 is 0 Å². The van der Waals surface area contributed by atoms with Crippen LogP contribution in [0.2, 0.25) is 0 Å². The molecule has 0 bridgehead atoms. The third-order valence-corrected chi connectivity index (χ3v) is 5.74. The summed E-state index contributed by atoms with van der Waals surface area (Å²) in [6, 6.07) is 0. The molecule has 0 radical (unpaired) electrons. The van der Waals surface area contributed by atoms with Crippen molar-refractivity contribution in [1.82, 2.24) is 4.90 Å². The Labute approximate surface area is 113 Å². The fraction of sp³-hybridized carbons (Fsp3) is 1.00. The predicted molar refractivity (Wildman–Crippen MR) is 78.6 cm³/mol. The molecular formula is C16H32N2. The Morgan fingerprint density at radius 3 is 2.28 bits per heavy atom. The first-order chi connectivity index (χ1) is 8.74. The molecular weight excluding hydrogens is 220 g/mol. The standard InChI is InChI=1S/C16H32N2/c1-3-14-7-10-18(11-8-14)16(13-17)9-5-6-15(4-2)12-16/h14-15H,3-13,17H2,1-2H3. The molecule has 2 rings (SSSR count). The minimum Gasteiger partial charge on any atom is -0.329 e. The molecule has 0 aromatic heterocycles. The zero-order valence-electron chi connectivity index (χ0n) is 12.5. The second kappa shape index (κ2) is 6.38. The van der Waals surface area contributed by atoms with Crippen molar-refractivity contribution in [3.63, 3.8) is 0 Å². The average Bonchev–Trinajstić information content (AvgIpc) is 2.47. The second-order valence-corrected chi connectivity index (χ2v) is 6.64. The molecule has 1 saturated heterocycles. The molecule has 2 heteroatoms. The molecule has 2 N–H and O–H groups in total. The van der Waals surface area contributed by atoms with Gasteiger partial charge in [-0.2, -0.15) is 0 Å². The lowest BCUT2D eigenvalue weighted by Gasteiger charge is -2.50. The van der Waals surface area contributed by atoms with Crippen LogP contribution in [-0.2, 0) is 0 Å². The van der Waals surface area contributed by atoms with Gasteiger partial charge in [-0.1, -0.05) is 39.5 Å². The zero-order chi connectivity index (χ0) is 13.0. The molecule has 2 fully saturated rings. The predicted octanol–water partition coefficient (Wildman–Crippen LogP) is 3.41. The van der Waals surface area contributed by atoms with Gasteiger partial charge in [0.2, 0.25) is 0 Å². The van der Waals surface area contributed by atoms with Crippen molar-refractivity contribution in [2.24, 2.45) is 17.6 Å². The van der Waals surface area contributed by atoms with Crippen LogP contribution in [0.25, 0.3) is 0 Å². The first-order valence-corrected chi connectivity index (χ1v) is 8.19. The summed E-state index contributed by atoms with van der Waals surface area (Å²) in [6.45, 7) is 8.16. The smallest absolute Gasteiger partial charge is 0.0334 e. The maximum Gasteiger partial charge on any atom is 0.0334 e. The number of hydrogen-bond donors (Lipinski definition) is 1. The number of hydrogen-bond acceptors (Lipinski definition) is 2. The lowest BCUT2D eigenvalue weighted by atomic mass is 9.72. The lowest BCUT2D eigenvalue weighted by Crippen LogP contribution is -2.58. The lowest BCUT2D eigenvalue weighted by molar-refractivity contribution is 0.00905. The highest BCUT2D eigenvalue weighted by Crippen LogP contribution is 2.39. The molecule has 0 amide bonds. The Kier molecular flexibility index (Phi) is 5.08. The number of piperidine rings is 1. The van der Waals surface area contributed by atoms with Crippen molar-refractivity contribution in [1.29, 1.82) is 0 Å². The van der Waals surface area contributed by atoms with Gasteiger partial charge >= 0.3 is 0 Å². The van der Waals surface area contributed by atoms with Crippen molar-refractivity contribution < 1.29 is 0 Å². The van der Waals surface area contributed by atoms with Gasteiger partial charge < -0.3 is 5.73 Å². The molecule has 1 saturated carbocycles. The van der Waals surface area contributed by atoms with Gasteiger partial charge in [-0.15, -0.1) is 0 Å². The van der Waals surface area contributed by atoms with Gasteiger partial charge in [-0.05, 0) is 50.6 Å². The van der Waals surface area contributed by atoms with Crippen LogP contribution in [0.15, 0.2) is 0 Å². The average molecular weight is 252 g/mol. The van der Waals surface area contributed by atoms with E-state index in [1.807, 2.05) is 0 Å². The number of likely N-dealkylation sites (tertiary alicyclic amines) is 1. The van der Waals surface area contributed by atoms with Crippen LogP contribution in [0.1, 0.15) is 65.2 Å². The molecule has 0 spiro atoms. The first kappa shape index (κ1) is 14.3. The van der Waals surface area contributed by atoms with Crippen molar-refractivity contribution in [3.05, 3.63) is 0 Å². The number of rotatable bonds is 4. The van der Waals surface area contributed by atoms with Crippen LogP contribution in [0.3, 0.4) is 0 Å². The normalized spacial score (nSPS) is 35.8. The van der Waals surface area contributed by atoms with Crippen LogP contribution in [0.5, 0.6) is 0 Å². The van der Waals surface area contributed by atoms with E-state index in [1.165, 1.54) is 64.5 Å².